The van der Waals surface area contributed by atoms with Gasteiger partial charge in [0.2, 0.25) is 0 Å². The van der Waals surface area contributed by atoms with Crippen LogP contribution in [0.4, 0.5) is 0 Å². The summed E-state index contributed by atoms with van der Waals surface area (Å²) in [5.74, 6) is 1.03. The first-order valence-electron chi connectivity index (χ1n) is 9.62. The second-order valence-electron chi connectivity index (χ2n) is 7.38. The summed E-state index contributed by atoms with van der Waals surface area (Å²) >= 11 is 0. The predicted molar refractivity (Wildman–Crippen MR) is 101 cm³/mol. The van der Waals surface area contributed by atoms with E-state index in [2.05, 4.69) is 53.1 Å². The molecule has 2 saturated heterocycles. The topological polar surface area (TPSA) is 28.2 Å². The summed E-state index contributed by atoms with van der Waals surface area (Å²) in [7, 11) is 4.46. The molecule has 1 aromatic carbocycles. The van der Waals surface area contributed by atoms with Crippen molar-refractivity contribution >= 4 is 0 Å². The van der Waals surface area contributed by atoms with E-state index in [0.717, 1.165) is 58.3 Å². The molecule has 5 heteroatoms. The molecule has 2 heterocycles. The molecule has 3 rings (SSSR count). The van der Waals surface area contributed by atoms with Crippen molar-refractivity contribution in [2.75, 3.05) is 66.6 Å². The van der Waals surface area contributed by atoms with Crippen LogP contribution in [0.25, 0.3) is 0 Å². The molecular formula is C20H33N3O2. The van der Waals surface area contributed by atoms with Crippen LogP contribution in [0, 0.1) is 0 Å². The smallest absolute Gasteiger partial charge is 0.123 e. The minimum absolute atomic E-state index is 0.694. The van der Waals surface area contributed by atoms with Gasteiger partial charge in [0.05, 0.1) is 13.2 Å². The summed E-state index contributed by atoms with van der Waals surface area (Å²) in [5.41, 5.74) is 1.28. The molecule has 0 unspecified atom stereocenters. The Balaban J connectivity index is 1.47. The molecule has 0 N–H and O–H groups in total. The van der Waals surface area contributed by atoms with Crippen molar-refractivity contribution in [2.45, 2.75) is 25.4 Å². The predicted octanol–water partition coefficient (Wildman–Crippen LogP) is 1.92. The van der Waals surface area contributed by atoms with Gasteiger partial charge in [-0.25, -0.2) is 0 Å². The fourth-order valence-electron chi connectivity index (χ4n) is 3.81. The maximum absolute atomic E-state index is 6.11. The summed E-state index contributed by atoms with van der Waals surface area (Å²) in [6.45, 7) is 8.74. The molecule has 2 aliphatic heterocycles. The highest BCUT2D eigenvalue weighted by molar-refractivity contribution is 5.33. The van der Waals surface area contributed by atoms with E-state index >= 15 is 0 Å². The van der Waals surface area contributed by atoms with Gasteiger partial charge in [0, 0.05) is 44.3 Å². The lowest BCUT2D eigenvalue weighted by Gasteiger charge is -2.27. The van der Waals surface area contributed by atoms with E-state index in [-0.39, 0.29) is 0 Å². The highest BCUT2D eigenvalue weighted by atomic mass is 16.5. The fourth-order valence-corrected chi connectivity index (χ4v) is 3.81. The van der Waals surface area contributed by atoms with E-state index in [1.807, 2.05) is 0 Å². The van der Waals surface area contributed by atoms with Crippen LogP contribution in [0.15, 0.2) is 24.3 Å². The van der Waals surface area contributed by atoms with Crippen LogP contribution in [0.2, 0.25) is 0 Å². The van der Waals surface area contributed by atoms with Gasteiger partial charge in [0.25, 0.3) is 0 Å². The molecule has 0 aromatic heterocycles. The second kappa shape index (κ2) is 9.53. The number of likely N-dealkylation sites (N-methyl/N-ethyl adjacent to an activating group) is 2. The van der Waals surface area contributed by atoms with Gasteiger partial charge in [-0.1, -0.05) is 18.2 Å². The van der Waals surface area contributed by atoms with Gasteiger partial charge in [0.15, 0.2) is 0 Å². The lowest BCUT2D eigenvalue weighted by Crippen LogP contribution is -2.38. The molecule has 2 aliphatic rings. The number of rotatable bonds is 8. The number of ether oxygens (including phenoxy) is 2. The van der Waals surface area contributed by atoms with Crippen molar-refractivity contribution in [3.05, 3.63) is 29.8 Å². The second-order valence-corrected chi connectivity index (χ2v) is 7.38. The Morgan fingerprint density at radius 2 is 2.00 bits per heavy atom. The van der Waals surface area contributed by atoms with E-state index < -0.39 is 0 Å². The average Bonchev–Trinajstić information content (AvgIpc) is 3.02. The van der Waals surface area contributed by atoms with E-state index in [9.17, 15) is 0 Å². The van der Waals surface area contributed by atoms with Gasteiger partial charge in [0.1, 0.15) is 12.4 Å². The summed E-state index contributed by atoms with van der Waals surface area (Å²) < 4.78 is 11.5. The van der Waals surface area contributed by atoms with Crippen molar-refractivity contribution in [1.82, 2.24) is 14.7 Å². The average molecular weight is 348 g/mol. The number of para-hydroxylation sites is 1. The Hall–Kier alpha value is -1.14. The van der Waals surface area contributed by atoms with E-state index in [1.54, 1.807) is 0 Å². The molecule has 25 heavy (non-hydrogen) atoms. The zero-order valence-corrected chi connectivity index (χ0v) is 15.8. The van der Waals surface area contributed by atoms with Crippen molar-refractivity contribution < 1.29 is 9.47 Å². The van der Waals surface area contributed by atoms with E-state index in [0.29, 0.717) is 6.04 Å². The highest BCUT2D eigenvalue weighted by Gasteiger charge is 2.22. The summed E-state index contributed by atoms with van der Waals surface area (Å²) in [6, 6.07) is 9.17. The Kier molecular flexibility index (Phi) is 7.11. The Bertz CT molecular complexity index is 519. The number of hydrogen-bond acceptors (Lipinski definition) is 5. The summed E-state index contributed by atoms with van der Waals surface area (Å²) in [6.07, 6.45) is 2.65. The third-order valence-corrected chi connectivity index (χ3v) is 5.38. The van der Waals surface area contributed by atoms with Crippen molar-refractivity contribution in [3.8, 4) is 5.75 Å². The zero-order valence-electron chi connectivity index (χ0n) is 15.8. The third-order valence-electron chi connectivity index (χ3n) is 5.38. The molecule has 0 aliphatic carbocycles. The minimum atomic E-state index is 0.694. The van der Waals surface area contributed by atoms with Crippen LogP contribution in [-0.4, -0.2) is 87.4 Å². The fraction of sp³-hybridized carbons (Fsp3) is 0.700. The van der Waals surface area contributed by atoms with Crippen molar-refractivity contribution in [2.24, 2.45) is 0 Å². The monoisotopic (exact) mass is 347 g/mol. The molecular weight excluding hydrogens is 314 g/mol. The molecule has 0 radical (unpaired) electrons. The molecule has 1 aromatic rings. The number of likely N-dealkylation sites (tertiary alicyclic amines) is 1. The number of hydrogen-bond donors (Lipinski definition) is 0. The Labute approximate surface area is 152 Å². The summed E-state index contributed by atoms with van der Waals surface area (Å²) in [4.78, 5) is 7.33. The van der Waals surface area contributed by atoms with Gasteiger partial charge in [-0.2, -0.15) is 0 Å². The molecule has 0 spiro atoms. The molecule has 0 amide bonds. The van der Waals surface area contributed by atoms with Crippen LogP contribution in [0.3, 0.4) is 0 Å². The normalized spacial score (nSPS) is 22.6. The van der Waals surface area contributed by atoms with Crippen molar-refractivity contribution in [3.63, 3.8) is 0 Å². The number of benzene rings is 1. The van der Waals surface area contributed by atoms with Gasteiger partial charge in [-0.15, -0.1) is 0 Å². The van der Waals surface area contributed by atoms with E-state index in [1.165, 1.54) is 24.9 Å². The first-order valence-corrected chi connectivity index (χ1v) is 9.62. The maximum atomic E-state index is 6.11. The summed E-state index contributed by atoms with van der Waals surface area (Å²) in [5, 5.41) is 0. The van der Waals surface area contributed by atoms with E-state index in [4.69, 9.17) is 9.47 Å². The first kappa shape index (κ1) is 18.6. The first-order chi connectivity index (χ1) is 12.2. The number of morpholine rings is 1. The maximum Gasteiger partial charge on any atom is 0.123 e. The molecule has 1 atom stereocenters. The van der Waals surface area contributed by atoms with Crippen molar-refractivity contribution in [1.29, 1.82) is 0 Å². The van der Waals surface area contributed by atoms with Crippen LogP contribution in [0.1, 0.15) is 18.4 Å². The van der Waals surface area contributed by atoms with Crippen LogP contribution >= 0.6 is 0 Å². The lowest BCUT2D eigenvalue weighted by molar-refractivity contribution is 0.0321. The minimum Gasteiger partial charge on any atom is -0.492 e. The quantitative estimate of drug-likeness (QED) is 0.716. The van der Waals surface area contributed by atoms with Crippen LogP contribution in [0.5, 0.6) is 5.75 Å². The molecule has 0 bridgehead atoms. The highest BCUT2D eigenvalue weighted by Crippen LogP contribution is 2.21. The van der Waals surface area contributed by atoms with Crippen LogP contribution < -0.4 is 4.74 Å². The molecule has 5 nitrogen and oxygen atoms in total. The molecule has 140 valence electrons. The largest absolute Gasteiger partial charge is 0.492 e. The van der Waals surface area contributed by atoms with Gasteiger partial charge in [-0.05, 0) is 39.5 Å². The standard InChI is InChI=1S/C20H33N3O2/c1-21(17-19-7-5-9-22(19)2)16-18-6-3-4-8-20(18)25-15-12-23-10-13-24-14-11-23/h3-4,6,8,19H,5,7,9-17H2,1-2H3/t19-/m0/s1. The van der Waals surface area contributed by atoms with Gasteiger partial charge < -0.3 is 19.3 Å². The Morgan fingerprint density at radius 3 is 2.76 bits per heavy atom. The van der Waals surface area contributed by atoms with Gasteiger partial charge in [-0.3, -0.25) is 4.90 Å². The SMILES string of the molecule is CN(Cc1ccccc1OCCN1CCOCC1)C[C@@H]1CCCN1C. The zero-order chi connectivity index (χ0) is 17.5. The molecule has 2 fully saturated rings. The lowest BCUT2D eigenvalue weighted by atomic mass is 10.1. The third kappa shape index (κ3) is 5.68. The molecule has 0 saturated carbocycles. The Morgan fingerprint density at radius 1 is 1.20 bits per heavy atom. The van der Waals surface area contributed by atoms with Gasteiger partial charge >= 0.3 is 0 Å². The van der Waals surface area contributed by atoms with Crippen LogP contribution in [-0.2, 0) is 11.3 Å². The number of nitrogens with zero attached hydrogens (tertiary/aromatic N) is 3.